The van der Waals surface area contributed by atoms with Gasteiger partial charge >= 0.3 is 6.03 Å². The molecule has 0 aromatic heterocycles. The summed E-state index contributed by atoms with van der Waals surface area (Å²) in [5.41, 5.74) is 6.08. The molecule has 3 amide bonds. The van der Waals surface area contributed by atoms with Gasteiger partial charge < -0.3 is 21.7 Å². The van der Waals surface area contributed by atoms with Gasteiger partial charge in [0.25, 0.3) is 0 Å². The van der Waals surface area contributed by atoms with E-state index < -0.39 is 12.1 Å². The summed E-state index contributed by atoms with van der Waals surface area (Å²) in [6.07, 6.45) is 2.18. The van der Waals surface area contributed by atoms with E-state index in [9.17, 15) is 9.59 Å². The van der Waals surface area contributed by atoms with Gasteiger partial charge in [-0.15, -0.1) is 12.4 Å². The molecule has 7 heteroatoms. The third-order valence-electron chi connectivity index (χ3n) is 4.08. The first-order chi connectivity index (χ1) is 10.4. The van der Waals surface area contributed by atoms with Crippen LogP contribution in [-0.2, 0) is 4.79 Å². The average Bonchev–Trinajstić information content (AvgIpc) is 3.33. The molecule has 0 heterocycles. The number of hydrogen-bond acceptors (Lipinski definition) is 3. The number of carbonyl (C=O) groups excluding carboxylic acids is 2. The van der Waals surface area contributed by atoms with Gasteiger partial charge in [0.2, 0.25) is 5.91 Å². The second-order valence-corrected chi connectivity index (χ2v) is 6.07. The number of rotatable bonds is 6. The van der Waals surface area contributed by atoms with Gasteiger partial charge in [0.05, 0.1) is 5.54 Å². The Morgan fingerprint density at radius 3 is 2.43 bits per heavy atom. The summed E-state index contributed by atoms with van der Waals surface area (Å²) in [7, 11) is 0. The van der Waals surface area contributed by atoms with Crippen molar-refractivity contribution in [1.82, 2.24) is 10.6 Å². The smallest absolute Gasteiger partial charge is 0.319 e. The van der Waals surface area contributed by atoms with E-state index in [0.717, 1.165) is 12.8 Å². The van der Waals surface area contributed by atoms with Crippen molar-refractivity contribution >= 4 is 30.0 Å². The molecule has 1 aliphatic carbocycles. The molecule has 128 valence electrons. The predicted molar refractivity (Wildman–Crippen MR) is 93.6 cm³/mol. The molecule has 2 unspecified atom stereocenters. The summed E-state index contributed by atoms with van der Waals surface area (Å²) in [4.78, 5) is 24.1. The van der Waals surface area contributed by atoms with E-state index >= 15 is 0 Å². The minimum atomic E-state index is -0.631. The molecule has 23 heavy (non-hydrogen) atoms. The Morgan fingerprint density at radius 2 is 1.91 bits per heavy atom. The van der Waals surface area contributed by atoms with Gasteiger partial charge in [-0.05, 0) is 44.7 Å². The second kappa shape index (κ2) is 8.17. The molecule has 2 rings (SSSR count). The standard InChI is InChI=1S/C16H24N4O2.ClH/c1-11(14(21)20-16(2,10-17)12-8-9-12)18-15(22)19-13-6-4-3-5-7-13;/h3-7,11-12H,8-10,17H2,1-2H3,(H,20,21)(H2,18,19,22);1H. The Bertz CT molecular complexity index is 536. The van der Waals surface area contributed by atoms with Gasteiger partial charge in [-0.2, -0.15) is 0 Å². The van der Waals surface area contributed by atoms with E-state index in [4.69, 9.17) is 5.73 Å². The molecule has 1 aliphatic rings. The predicted octanol–water partition coefficient (Wildman–Crippen LogP) is 1.86. The first-order valence-electron chi connectivity index (χ1n) is 7.59. The van der Waals surface area contributed by atoms with Crippen LogP contribution in [0.25, 0.3) is 0 Å². The number of carbonyl (C=O) groups is 2. The van der Waals surface area contributed by atoms with Gasteiger partial charge in [0.15, 0.2) is 0 Å². The quantitative estimate of drug-likeness (QED) is 0.636. The largest absolute Gasteiger partial charge is 0.348 e. The molecule has 0 radical (unpaired) electrons. The van der Waals surface area contributed by atoms with Crippen LogP contribution in [0.15, 0.2) is 30.3 Å². The minimum Gasteiger partial charge on any atom is -0.348 e. The molecule has 1 fully saturated rings. The van der Waals surface area contributed by atoms with Crippen LogP contribution in [-0.4, -0.2) is 30.1 Å². The van der Waals surface area contributed by atoms with Crippen LogP contribution in [0, 0.1) is 5.92 Å². The molecule has 1 aromatic rings. The Balaban J connectivity index is 0.00000264. The van der Waals surface area contributed by atoms with Crippen molar-refractivity contribution in [3.05, 3.63) is 30.3 Å². The van der Waals surface area contributed by atoms with Crippen molar-refractivity contribution in [3.8, 4) is 0 Å². The third kappa shape index (κ3) is 5.41. The number of para-hydroxylation sites is 1. The van der Waals surface area contributed by atoms with E-state index in [-0.39, 0.29) is 23.9 Å². The maximum absolute atomic E-state index is 12.2. The number of nitrogens with two attached hydrogens (primary N) is 1. The third-order valence-corrected chi connectivity index (χ3v) is 4.08. The fraction of sp³-hybridized carbons (Fsp3) is 0.500. The normalized spacial score (nSPS) is 17.2. The highest BCUT2D eigenvalue weighted by atomic mass is 35.5. The number of halogens is 1. The molecule has 0 spiro atoms. The van der Waals surface area contributed by atoms with E-state index in [2.05, 4.69) is 16.0 Å². The van der Waals surface area contributed by atoms with Gasteiger partial charge in [0.1, 0.15) is 6.04 Å². The summed E-state index contributed by atoms with van der Waals surface area (Å²) in [6, 6.07) is 8.04. The lowest BCUT2D eigenvalue weighted by molar-refractivity contribution is -0.124. The van der Waals surface area contributed by atoms with Gasteiger partial charge in [-0.1, -0.05) is 18.2 Å². The highest BCUT2D eigenvalue weighted by molar-refractivity contribution is 5.93. The monoisotopic (exact) mass is 340 g/mol. The summed E-state index contributed by atoms with van der Waals surface area (Å²) in [5.74, 6) is 0.217. The number of amides is 3. The summed E-state index contributed by atoms with van der Waals surface area (Å²) < 4.78 is 0. The zero-order valence-electron chi connectivity index (χ0n) is 13.5. The van der Waals surface area contributed by atoms with Crippen molar-refractivity contribution in [1.29, 1.82) is 0 Å². The fourth-order valence-electron chi connectivity index (χ4n) is 2.38. The van der Waals surface area contributed by atoms with E-state index in [0.29, 0.717) is 18.2 Å². The van der Waals surface area contributed by atoms with Crippen LogP contribution >= 0.6 is 12.4 Å². The number of nitrogens with one attached hydrogen (secondary N) is 3. The van der Waals surface area contributed by atoms with Crippen LogP contribution in [0.4, 0.5) is 10.5 Å². The molecule has 5 N–H and O–H groups in total. The average molecular weight is 341 g/mol. The van der Waals surface area contributed by atoms with Crippen LogP contribution < -0.4 is 21.7 Å². The molecular formula is C16H25ClN4O2. The minimum absolute atomic E-state index is 0. The van der Waals surface area contributed by atoms with E-state index in [1.165, 1.54) is 0 Å². The summed E-state index contributed by atoms with van der Waals surface area (Å²) >= 11 is 0. The lowest BCUT2D eigenvalue weighted by atomic mass is 9.95. The van der Waals surface area contributed by atoms with Crippen LogP contribution in [0.1, 0.15) is 26.7 Å². The SMILES string of the molecule is CC(NC(=O)Nc1ccccc1)C(=O)NC(C)(CN)C1CC1.Cl. The Morgan fingerprint density at radius 1 is 1.30 bits per heavy atom. The maximum atomic E-state index is 12.2. The van der Waals surface area contributed by atoms with Crippen LogP contribution in [0.2, 0.25) is 0 Å². The molecular weight excluding hydrogens is 316 g/mol. The van der Waals surface area contributed by atoms with E-state index in [1.54, 1.807) is 19.1 Å². The van der Waals surface area contributed by atoms with Crippen molar-refractivity contribution < 1.29 is 9.59 Å². The molecule has 1 saturated carbocycles. The number of anilines is 1. The van der Waals surface area contributed by atoms with Gasteiger partial charge in [-0.3, -0.25) is 4.79 Å². The zero-order valence-corrected chi connectivity index (χ0v) is 14.3. The first kappa shape index (κ1) is 19.3. The molecule has 0 bridgehead atoms. The summed E-state index contributed by atoms with van der Waals surface area (Å²) in [5, 5.41) is 8.28. The first-order valence-corrected chi connectivity index (χ1v) is 7.59. The molecule has 0 aliphatic heterocycles. The van der Waals surface area contributed by atoms with Gasteiger partial charge in [-0.25, -0.2) is 4.79 Å². The Labute approximate surface area is 143 Å². The van der Waals surface area contributed by atoms with Crippen LogP contribution in [0.5, 0.6) is 0 Å². The fourth-order valence-corrected chi connectivity index (χ4v) is 2.38. The van der Waals surface area contributed by atoms with E-state index in [1.807, 2.05) is 25.1 Å². The molecule has 2 atom stereocenters. The number of benzene rings is 1. The van der Waals surface area contributed by atoms with Crippen molar-refractivity contribution in [2.24, 2.45) is 11.7 Å². The lowest BCUT2D eigenvalue weighted by Gasteiger charge is -2.31. The van der Waals surface area contributed by atoms with Crippen molar-refractivity contribution in [3.63, 3.8) is 0 Å². The number of hydrogen-bond donors (Lipinski definition) is 4. The van der Waals surface area contributed by atoms with Crippen molar-refractivity contribution in [2.75, 3.05) is 11.9 Å². The molecule has 1 aromatic carbocycles. The Hall–Kier alpha value is -1.79. The topological polar surface area (TPSA) is 96.2 Å². The second-order valence-electron chi connectivity index (χ2n) is 6.07. The number of urea groups is 1. The molecule has 0 saturated heterocycles. The maximum Gasteiger partial charge on any atom is 0.319 e. The highest BCUT2D eigenvalue weighted by Crippen LogP contribution is 2.38. The lowest BCUT2D eigenvalue weighted by Crippen LogP contribution is -2.58. The molecule has 6 nitrogen and oxygen atoms in total. The summed E-state index contributed by atoms with van der Waals surface area (Å²) in [6.45, 7) is 4.01. The zero-order chi connectivity index (χ0) is 16.2. The van der Waals surface area contributed by atoms with Gasteiger partial charge in [0, 0.05) is 12.2 Å². The Kier molecular flexibility index (Phi) is 6.84. The van der Waals surface area contributed by atoms with Crippen LogP contribution in [0.3, 0.4) is 0 Å². The van der Waals surface area contributed by atoms with Crippen molar-refractivity contribution in [2.45, 2.75) is 38.3 Å². The highest BCUT2D eigenvalue weighted by Gasteiger charge is 2.42.